The zero-order valence-corrected chi connectivity index (χ0v) is 17.0. The van der Waals surface area contributed by atoms with Gasteiger partial charge in [0.2, 0.25) is 0 Å². The summed E-state index contributed by atoms with van der Waals surface area (Å²) >= 11 is 3.42. The standard InChI is InChI=1S/C19H24BrN3O4/c1-12-9-14(20)6-7-15(12)22-19(25)18-16(27-11-13(2)24)10-21-23(18)17-5-3-4-8-26-17/h6-7,9-10,13,17,24H,3-5,8,11H2,1-2H3,(H,22,25). The van der Waals surface area contributed by atoms with Crippen LogP contribution in [0, 0.1) is 6.92 Å². The van der Waals surface area contributed by atoms with Gasteiger partial charge in [-0.2, -0.15) is 5.10 Å². The second-order valence-electron chi connectivity index (χ2n) is 6.70. The van der Waals surface area contributed by atoms with Crippen molar-refractivity contribution in [1.29, 1.82) is 0 Å². The molecule has 1 aliphatic heterocycles. The van der Waals surface area contributed by atoms with Crippen LogP contribution in [0.25, 0.3) is 0 Å². The van der Waals surface area contributed by atoms with Gasteiger partial charge in [0.15, 0.2) is 17.7 Å². The summed E-state index contributed by atoms with van der Waals surface area (Å²) in [6.45, 7) is 4.27. The summed E-state index contributed by atoms with van der Waals surface area (Å²) in [5.41, 5.74) is 1.94. The Hall–Kier alpha value is -1.90. The van der Waals surface area contributed by atoms with Crippen molar-refractivity contribution in [2.24, 2.45) is 0 Å². The molecule has 2 atom stereocenters. The molecule has 1 amide bonds. The lowest BCUT2D eigenvalue weighted by molar-refractivity contribution is -0.0406. The summed E-state index contributed by atoms with van der Waals surface area (Å²) in [5.74, 6) is 0.00465. The number of halogens is 1. The molecule has 0 saturated carbocycles. The van der Waals surface area contributed by atoms with Gasteiger partial charge in [-0.3, -0.25) is 4.79 Å². The first-order valence-electron chi connectivity index (χ1n) is 9.03. The molecule has 0 aliphatic carbocycles. The lowest BCUT2D eigenvalue weighted by Gasteiger charge is -2.24. The molecule has 0 spiro atoms. The smallest absolute Gasteiger partial charge is 0.277 e. The average molecular weight is 438 g/mol. The highest BCUT2D eigenvalue weighted by atomic mass is 79.9. The van der Waals surface area contributed by atoms with Gasteiger partial charge < -0.3 is 19.9 Å². The number of hydrogen-bond acceptors (Lipinski definition) is 5. The quantitative estimate of drug-likeness (QED) is 0.719. The van der Waals surface area contributed by atoms with Gasteiger partial charge in [-0.25, -0.2) is 4.68 Å². The molecule has 1 aromatic carbocycles. The molecule has 1 aromatic heterocycles. The van der Waals surface area contributed by atoms with Crippen LogP contribution in [-0.4, -0.2) is 40.1 Å². The summed E-state index contributed by atoms with van der Waals surface area (Å²) in [5, 5.41) is 16.8. The van der Waals surface area contributed by atoms with Crippen molar-refractivity contribution in [3.05, 3.63) is 40.1 Å². The zero-order valence-electron chi connectivity index (χ0n) is 15.4. The van der Waals surface area contributed by atoms with Gasteiger partial charge >= 0.3 is 0 Å². The van der Waals surface area contributed by atoms with Crippen molar-refractivity contribution in [3.8, 4) is 5.75 Å². The topological polar surface area (TPSA) is 85.6 Å². The van der Waals surface area contributed by atoms with Crippen molar-refractivity contribution < 1.29 is 19.4 Å². The summed E-state index contributed by atoms with van der Waals surface area (Å²) in [7, 11) is 0. The van der Waals surface area contributed by atoms with Crippen LogP contribution in [0.5, 0.6) is 5.75 Å². The highest BCUT2D eigenvalue weighted by molar-refractivity contribution is 9.10. The maximum atomic E-state index is 13.1. The van der Waals surface area contributed by atoms with Gasteiger partial charge in [0, 0.05) is 16.8 Å². The average Bonchev–Trinajstić information content (AvgIpc) is 3.07. The van der Waals surface area contributed by atoms with Crippen LogP contribution in [0.2, 0.25) is 0 Å². The van der Waals surface area contributed by atoms with Crippen LogP contribution in [0.15, 0.2) is 28.9 Å². The second-order valence-corrected chi connectivity index (χ2v) is 7.61. The van der Waals surface area contributed by atoms with E-state index in [1.165, 1.54) is 6.20 Å². The van der Waals surface area contributed by atoms with E-state index in [2.05, 4.69) is 26.3 Å². The summed E-state index contributed by atoms with van der Waals surface area (Å²) in [6, 6.07) is 5.64. The SMILES string of the molecule is Cc1cc(Br)ccc1NC(=O)c1c(OCC(C)O)cnn1C1CCCCO1. The maximum absolute atomic E-state index is 13.1. The Morgan fingerprint density at radius 1 is 1.52 bits per heavy atom. The van der Waals surface area contributed by atoms with Crippen LogP contribution in [0.1, 0.15) is 48.5 Å². The third-order valence-corrected chi connectivity index (χ3v) is 4.82. The number of rotatable bonds is 6. The van der Waals surface area contributed by atoms with Crippen LogP contribution >= 0.6 is 15.9 Å². The number of anilines is 1. The van der Waals surface area contributed by atoms with Gasteiger partial charge in [-0.05, 0) is 56.9 Å². The normalized spacial score (nSPS) is 18.1. The molecule has 1 fully saturated rings. The van der Waals surface area contributed by atoms with Gasteiger partial charge in [-0.1, -0.05) is 15.9 Å². The Kier molecular flexibility index (Phi) is 6.51. The minimum atomic E-state index is -0.649. The third-order valence-electron chi connectivity index (χ3n) is 4.32. The van der Waals surface area contributed by atoms with Gasteiger partial charge in [0.25, 0.3) is 5.91 Å². The molecule has 8 heteroatoms. The molecule has 3 rings (SSSR count). The molecule has 0 radical (unpaired) electrons. The van der Waals surface area contributed by atoms with Crippen molar-refractivity contribution in [3.63, 3.8) is 0 Å². The Balaban J connectivity index is 1.89. The molecular formula is C19H24BrN3O4. The number of aromatic nitrogens is 2. The second kappa shape index (κ2) is 8.86. The summed E-state index contributed by atoms with van der Waals surface area (Å²) in [4.78, 5) is 13.1. The molecule has 2 N–H and O–H groups in total. The van der Waals surface area contributed by atoms with Gasteiger partial charge in [-0.15, -0.1) is 0 Å². The van der Waals surface area contributed by atoms with E-state index in [0.29, 0.717) is 23.7 Å². The number of hydrogen-bond donors (Lipinski definition) is 2. The summed E-state index contributed by atoms with van der Waals surface area (Å²) in [6.07, 6.45) is 3.36. The number of ether oxygens (including phenoxy) is 2. The van der Waals surface area contributed by atoms with E-state index in [9.17, 15) is 9.90 Å². The Bertz CT molecular complexity index is 800. The first-order valence-corrected chi connectivity index (χ1v) is 9.82. The van der Waals surface area contributed by atoms with Crippen molar-refractivity contribution >= 4 is 27.5 Å². The number of aliphatic hydroxyl groups is 1. The zero-order chi connectivity index (χ0) is 19.4. The predicted molar refractivity (Wildman–Crippen MR) is 105 cm³/mol. The lowest BCUT2D eigenvalue weighted by Crippen LogP contribution is -2.26. The van der Waals surface area contributed by atoms with Gasteiger partial charge in [0.05, 0.1) is 12.3 Å². The fourth-order valence-corrected chi connectivity index (χ4v) is 3.44. The van der Waals surface area contributed by atoms with E-state index in [1.807, 2.05) is 25.1 Å². The first kappa shape index (κ1) is 19.9. The predicted octanol–water partition coefficient (Wildman–Crippen LogP) is 3.67. The van der Waals surface area contributed by atoms with Crippen LogP contribution < -0.4 is 10.1 Å². The molecule has 27 heavy (non-hydrogen) atoms. The third kappa shape index (κ3) is 4.88. The molecule has 1 aliphatic rings. The number of aliphatic hydroxyl groups excluding tert-OH is 1. The molecule has 1 saturated heterocycles. The number of carbonyl (C=O) groups excluding carboxylic acids is 1. The minimum Gasteiger partial charge on any atom is -0.487 e. The number of carbonyl (C=O) groups is 1. The highest BCUT2D eigenvalue weighted by Gasteiger charge is 2.27. The van der Waals surface area contributed by atoms with Crippen LogP contribution in [0.4, 0.5) is 5.69 Å². The molecular weight excluding hydrogens is 414 g/mol. The number of nitrogens with zero attached hydrogens (tertiary/aromatic N) is 2. The van der Waals surface area contributed by atoms with E-state index >= 15 is 0 Å². The Labute approximate surface area is 166 Å². The number of nitrogens with one attached hydrogen (secondary N) is 1. The Morgan fingerprint density at radius 2 is 2.33 bits per heavy atom. The lowest BCUT2D eigenvalue weighted by atomic mass is 10.2. The number of benzene rings is 1. The molecule has 2 unspecified atom stereocenters. The monoisotopic (exact) mass is 437 g/mol. The van der Waals surface area contributed by atoms with Crippen molar-refractivity contribution in [2.75, 3.05) is 18.5 Å². The van der Waals surface area contributed by atoms with E-state index in [-0.39, 0.29) is 18.7 Å². The molecule has 0 bridgehead atoms. The van der Waals surface area contributed by atoms with Crippen molar-refractivity contribution in [1.82, 2.24) is 9.78 Å². The van der Waals surface area contributed by atoms with E-state index in [1.54, 1.807) is 11.6 Å². The first-order chi connectivity index (χ1) is 13.0. The molecule has 7 nitrogen and oxygen atoms in total. The minimum absolute atomic E-state index is 0.0782. The maximum Gasteiger partial charge on any atom is 0.277 e. The number of amides is 1. The van der Waals surface area contributed by atoms with Crippen LogP contribution in [0.3, 0.4) is 0 Å². The van der Waals surface area contributed by atoms with E-state index in [4.69, 9.17) is 9.47 Å². The number of aryl methyl sites for hydroxylation is 1. The fraction of sp³-hybridized carbons (Fsp3) is 0.474. The Morgan fingerprint density at radius 3 is 3.00 bits per heavy atom. The van der Waals surface area contributed by atoms with E-state index < -0.39 is 6.10 Å². The van der Waals surface area contributed by atoms with Crippen molar-refractivity contribution in [2.45, 2.75) is 45.4 Å². The van der Waals surface area contributed by atoms with Gasteiger partial charge in [0.1, 0.15) is 6.61 Å². The molecule has 146 valence electrons. The fourth-order valence-electron chi connectivity index (χ4n) is 2.96. The van der Waals surface area contributed by atoms with E-state index in [0.717, 1.165) is 29.3 Å². The molecule has 2 aromatic rings. The highest BCUT2D eigenvalue weighted by Crippen LogP contribution is 2.29. The summed E-state index contributed by atoms with van der Waals surface area (Å²) < 4.78 is 13.9. The molecule has 2 heterocycles. The van der Waals surface area contributed by atoms with Crippen LogP contribution in [-0.2, 0) is 4.74 Å². The largest absolute Gasteiger partial charge is 0.487 e.